The van der Waals surface area contributed by atoms with Gasteiger partial charge < -0.3 is 5.32 Å². The fourth-order valence-electron chi connectivity index (χ4n) is 2.46. The van der Waals surface area contributed by atoms with E-state index in [1.807, 2.05) is 31.2 Å². The second kappa shape index (κ2) is 6.39. The molecule has 0 bridgehead atoms. The highest BCUT2D eigenvalue weighted by atomic mass is 16.6. The summed E-state index contributed by atoms with van der Waals surface area (Å²) in [6, 6.07) is 12.7. The third-order valence-corrected chi connectivity index (χ3v) is 3.62. The zero-order chi connectivity index (χ0) is 16.2. The van der Waals surface area contributed by atoms with Gasteiger partial charge in [-0.1, -0.05) is 23.8 Å². The third-order valence-electron chi connectivity index (χ3n) is 3.62. The van der Waals surface area contributed by atoms with Gasteiger partial charge in [0.15, 0.2) is 0 Å². The third kappa shape index (κ3) is 3.42. The molecule has 23 heavy (non-hydrogen) atoms. The number of hydrogen-bond acceptors (Lipinski definition) is 5. The van der Waals surface area contributed by atoms with Crippen molar-refractivity contribution >= 4 is 22.4 Å². The Morgan fingerprint density at radius 2 is 2.04 bits per heavy atom. The minimum atomic E-state index is -0.377. The Balaban J connectivity index is 1.73. The monoisotopic (exact) mass is 308 g/mol. The van der Waals surface area contributed by atoms with Crippen LogP contribution in [0.15, 0.2) is 48.8 Å². The molecule has 3 aromatic rings. The van der Waals surface area contributed by atoms with Gasteiger partial charge in [0, 0.05) is 24.1 Å². The molecule has 0 atom stereocenters. The fourth-order valence-corrected chi connectivity index (χ4v) is 2.46. The number of aryl methyl sites for hydroxylation is 1. The quantitative estimate of drug-likeness (QED) is 0.576. The Hall–Kier alpha value is -3.02. The maximum absolute atomic E-state index is 10.8. The summed E-state index contributed by atoms with van der Waals surface area (Å²) in [4.78, 5) is 19.0. The number of hydrogen-bond donors (Lipinski definition) is 1. The van der Waals surface area contributed by atoms with E-state index in [0.717, 1.165) is 27.8 Å². The summed E-state index contributed by atoms with van der Waals surface area (Å²) in [5, 5.41) is 15.1. The van der Waals surface area contributed by atoms with Crippen LogP contribution in [0.2, 0.25) is 0 Å². The van der Waals surface area contributed by atoms with Crippen LogP contribution >= 0.6 is 0 Å². The van der Waals surface area contributed by atoms with E-state index in [0.29, 0.717) is 13.0 Å². The predicted molar refractivity (Wildman–Crippen MR) is 89.6 cm³/mol. The molecule has 1 heterocycles. The predicted octanol–water partition coefficient (Wildman–Crippen LogP) is 3.50. The van der Waals surface area contributed by atoms with E-state index in [9.17, 15) is 10.1 Å². The Bertz CT molecular complexity index is 864. The molecule has 2 aromatic carbocycles. The zero-order valence-corrected chi connectivity index (χ0v) is 12.7. The summed E-state index contributed by atoms with van der Waals surface area (Å²) < 4.78 is 0. The SMILES string of the molecule is Cc1ccc2ncnc(NCCc3cccc([N+](=O)[O-])c3)c2c1. The van der Waals surface area contributed by atoms with Crippen LogP contribution in [0.5, 0.6) is 0 Å². The van der Waals surface area contributed by atoms with Gasteiger partial charge in [0.2, 0.25) is 0 Å². The summed E-state index contributed by atoms with van der Waals surface area (Å²) in [7, 11) is 0. The summed E-state index contributed by atoms with van der Waals surface area (Å²) in [5.41, 5.74) is 3.07. The van der Waals surface area contributed by atoms with Gasteiger partial charge in [-0.2, -0.15) is 0 Å². The lowest BCUT2D eigenvalue weighted by atomic mass is 10.1. The van der Waals surface area contributed by atoms with Crippen LogP contribution in [0.3, 0.4) is 0 Å². The number of aromatic nitrogens is 2. The average Bonchev–Trinajstić information content (AvgIpc) is 2.55. The molecule has 6 nitrogen and oxygen atoms in total. The largest absolute Gasteiger partial charge is 0.369 e. The number of nitro benzene ring substituents is 1. The molecule has 3 rings (SSSR count). The van der Waals surface area contributed by atoms with Crippen LogP contribution in [0.25, 0.3) is 10.9 Å². The van der Waals surface area contributed by atoms with Gasteiger partial charge in [0.05, 0.1) is 10.4 Å². The highest BCUT2D eigenvalue weighted by molar-refractivity contribution is 5.89. The lowest BCUT2D eigenvalue weighted by Gasteiger charge is -2.09. The second-order valence-corrected chi connectivity index (χ2v) is 5.35. The first-order valence-electron chi connectivity index (χ1n) is 7.32. The fraction of sp³-hybridized carbons (Fsp3) is 0.176. The minimum Gasteiger partial charge on any atom is -0.369 e. The number of nitrogens with one attached hydrogen (secondary N) is 1. The van der Waals surface area contributed by atoms with Crippen LogP contribution in [-0.2, 0) is 6.42 Å². The molecule has 0 aliphatic carbocycles. The van der Waals surface area contributed by atoms with Gasteiger partial charge in [-0.05, 0) is 31.0 Å². The topological polar surface area (TPSA) is 81.0 Å². The summed E-state index contributed by atoms with van der Waals surface area (Å²) in [6.07, 6.45) is 2.21. The number of anilines is 1. The Kier molecular flexibility index (Phi) is 4.14. The molecule has 116 valence electrons. The van der Waals surface area contributed by atoms with E-state index in [2.05, 4.69) is 15.3 Å². The molecule has 0 aliphatic heterocycles. The first-order chi connectivity index (χ1) is 11.1. The highest BCUT2D eigenvalue weighted by Crippen LogP contribution is 2.20. The van der Waals surface area contributed by atoms with E-state index in [1.54, 1.807) is 12.1 Å². The van der Waals surface area contributed by atoms with Crippen molar-refractivity contribution < 1.29 is 4.92 Å². The van der Waals surface area contributed by atoms with Crippen molar-refractivity contribution in [2.45, 2.75) is 13.3 Å². The van der Waals surface area contributed by atoms with E-state index in [-0.39, 0.29) is 10.6 Å². The molecule has 1 aromatic heterocycles. The van der Waals surface area contributed by atoms with Gasteiger partial charge >= 0.3 is 0 Å². The zero-order valence-electron chi connectivity index (χ0n) is 12.7. The normalized spacial score (nSPS) is 10.7. The van der Waals surface area contributed by atoms with Crippen molar-refractivity contribution in [1.29, 1.82) is 0 Å². The first-order valence-corrected chi connectivity index (χ1v) is 7.32. The molecule has 0 saturated carbocycles. The van der Waals surface area contributed by atoms with Crippen molar-refractivity contribution in [2.75, 3.05) is 11.9 Å². The molecule has 0 fully saturated rings. The van der Waals surface area contributed by atoms with Gasteiger partial charge in [0.25, 0.3) is 5.69 Å². The number of non-ortho nitro benzene ring substituents is 1. The Morgan fingerprint density at radius 1 is 1.17 bits per heavy atom. The summed E-state index contributed by atoms with van der Waals surface area (Å²) in [6.45, 7) is 2.67. The lowest BCUT2D eigenvalue weighted by molar-refractivity contribution is -0.384. The number of nitrogens with zero attached hydrogens (tertiary/aromatic N) is 3. The minimum absolute atomic E-state index is 0.116. The van der Waals surface area contributed by atoms with Crippen molar-refractivity contribution in [2.24, 2.45) is 0 Å². The van der Waals surface area contributed by atoms with Crippen molar-refractivity contribution in [3.05, 3.63) is 70.0 Å². The highest BCUT2D eigenvalue weighted by Gasteiger charge is 2.06. The molecule has 0 saturated heterocycles. The standard InChI is InChI=1S/C17H16N4O2/c1-12-5-6-16-15(9-12)17(20-11-19-16)18-8-7-13-3-2-4-14(10-13)21(22)23/h2-6,9-11H,7-8H2,1H3,(H,18,19,20). The van der Waals surface area contributed by atoms with Crippen LogP contribution in [-0.4, -0.2) is 21.4 Å². The van der Waals surface area contributed by atoms with Crippen LogP contribution in [0.4, 0.5) is 11.5 Å². The number of rotatable bonds is 5. The van der Waals surface area contributed by atoms with Crippen LogP contribution in [0.1, 0.15) is 11.1 Å². The molecule has 0 amide bonds. The Morgan fingerprint density at radius 3 is 2.87 bits per heavy atom. The van der Waals surface area contributed by atoms with Crippen molar-refractivity contribution in [3.8, 4) is 0 Å². The number of nitro groups is 1. The van der Waals surface area contributed by atoms with E-state index < -0.39 is 0 Å². The summed E-state index contributed by atoms with van der Waals surface area (Å²) >= 11 is 0. The van der Waals surface area contributed by atoms with E-state index in [4.69, 9.17) is 0 Å². The Labute approximate surface area is 133 Å². The van der Waals surface area contributed by atoms with Gasteiger partial charge in [-0.25, -0.2) is 9.97 Å². The van der Waals surface area contributed by atoms with Crippen LogP contribution < -0.4 is 5.32 Å². The molecule has 0 unspecified atom stereocenters. The molecule has 0 spiro atoms. The molecular weight excluding hydrogens is 292 g/mol. The molecule has 0 aliphatic rings. The smallest absolute Gasteiger partial charge is 0.269 e. The second-order valence-electron chi connectivity index (χ2n) is 5.35. The van der Waals surface area contributed by atoms with Gasteiger partial charge in [-0.3, -0.25) is 10.1 Å². The average molecular weight is 308 g/mol. The number of benzene rings is 2. The maximum atomic E-state index is 10.8. The molecule has 6 heteroatoms. The first kappa shape index (κ1) is 14.9. The number of fused-ring (bicyclic) bond motifs is 1. The molecule has 1 N–H and O–H groups in total. The van der Waals surface area contributed by atoms with Gasteiger partial charge in [0.1, 0.15) is 12.1 Å². The lowest BCUT2D eigenvalue weighted by Crippen LogP contribution is -2.07. The maximum Gasteiger partial charge on any atom is 0.269 e. The molecule has 0 radical (unpaired) electrons. The van der Waals surface area contributed by atoms with Crippen molar-refractivity contribution in [1.82, 2.24) is 9.97 Å². The van der Waals surface area contributed by atoms with E-state index in [1.165, 1.54) is 12.4 Å². The summed E-state index contributed by atoms with van der Waals surface area (Å²) in [5.74, 6) is 0.782. The molecular formula is C17H16N4O2. The van der Waals surface area contributed by atoms with Crippen molar-refractivity contribution in [3.63, 3.8) is 0 Å². The van der Waals surface area contributed by atoms with Gasteiger partial charge in [-0.15, -0.1) is 0 Å². The van der Waals surface area contributed by atoms with Crippen LogP contribution in [0, 0.1) is 17.0 Å². The van der Waals surface area contributed by atoms with E-state index >= 15 is 0 Å².